The molecule has 0 spiro atoms. The summed E-state index contributed by atoms with van der Waals surface area (Å²) in [6.07, 6.45) is 0.356. The SMILES string of the molecule is O=C(CCOCC(F)F)N1CCCC(CCO)C1. The van der Waals surface area contributed by atoms with E-state index < -0.39 is 13.0 Å². The van der Waals surface area contributed by atoms with Gasteiger partial charge < -0.3 is 14.7 Å². The molecule has 0 aromatic rings. The standard InChI is InChI=1S/C12H21F2NO3/c13-11(14)9-18-7-4-12(17)15-5-1-2-10(8-15)3-6-16/h10-11,16H,1-9H2. The van der Waals surface area contributed by atoms with Gasteiger partial charge >= 0.3 is 0 Å². The van der Waals surface area contributed by atoms with Crippen LogP contribution in [0, 0.1) is 5.92 Å². The highest BCUT2D eigenvalue weighted by atomic mass is 19.3. The van der Waals surface area contributed by atoms with E-state index in [9.17, 15) is 13.6 Å². The van der Waals surface area contributed by atoms with Crippen molar-refractivity contribution in [2.75, 3.05) is 32.9 Å². The Kier molecular flexibility index (Phi) is 7.12. The van der Waals surface area contributed by atoms with Gasteiger partial charge in [0.05, 0.1) is 13.0 Å². The third kappa shape index (κ3) is 5.73. The van der Waals surface area contributed by atoms with Crippen molar-refractivity contribution in [1.29, 1.82) is 0 Å². The summed E-state index contributed by atoms with van der Waals surface area (Å²) in [5.41, 5.74) is 0. The van der Waals surface area contributed by atoms with Crippen molar-refractivity contribution in [3.8, 4) is 0 Å². The lowest BCUT2D eigenvalue weighted by atomic mass is 9.95. The molecule has 1 heterocycles. The number of carbonyl (C=O) groups is 1. The van der Waals surface area contributed by atoms with Crippen molar-refractivity contribution in [2.45, 2.75) is 32.1 Å². The van der Waals surface area contributed by atoms with Crippen molar-refractivity contribution >= 4 is 5.91 Å². The monoisotopic (exact) mass is 265 g/mol. The molecule has 1 N–H and O–H groups in total. The zero-order valence-corrected chi connectivity index (χ0v) is 10.5. The molecule has 1 saturated heterocycles. The van der Waals surface area contributed by atoms with Crippen LogP contribution < -0.4 is 0 Å². The third-order valence-electron chi connectivity index (χ3n) is 3.11. The molecule has 0 aromatic heterocycles. The molecule has 1 unspecified atom stereocenters. The van der Waals surface area contributed by atoms with E-state index in [0.717, 1.165) is 19.4 Å². The second-order valence-corrected chi connectivity index (χ2v) is 4.58. The molecule has 1 aliphatic heterocycles. The average Bonchev–Trinajstić information content (AvgIpc) is 2.35. The molecular weight excluding hydrogens is 244 g/mol. The number of alkyl halides is 2. The number of hydrogen-bond donors (Lipinski definition) is 1. The van der Waals surface area contributed by atoms with Crippen LogP contribution in [0.4, 0.5) is 8.78 Å². The number of ether oxygens (including phenoxy) is 1. The Bertz CT molecular complexity index is 249. The number of halogens is 2. The second-order valence-electron chi connectivity index (χ2n) is 4.58. The van der Waals surface area contributed by atoms with Crippen LogP contribution in [0.5, 0.6) is 0 Å². The first kappa shape index (κ1) is 15.3. The first-order chi connectivity index (χ1) is 8.63. The van der Waals surface area contributed by atoms with E-state index in [2.05, 4.69) is 0 Å². The highest BCUT2D eigenvalue weighted by Crippen LogP contribution is 2.19. The van der Waals surface area contributed by atoms with Crippen molar-refractivity contribution in [1.82, 2.24) is 4.90 Å². The van der Waals surface area contributed by atoms with Crippen LogP contribution in [0.1, 0.15) is 25.7 Å². The van der Waals surface area contributed by atoms with Gasteiger partial charge in [0, 0.05) is 19.7 Å². The maximum Gasteiger partial charge on any atom is 0.261 e. The minimum absolute atomic E-state index is 0.0460. The molecule has 6 heteroatoms. The zero-order chi connectivity index (χ0) is 13.4. The predicted molar refractivity (Wildman–Crippen MR) is 62.4 cm³/mol. The van der Waals surface area contributed by atoms with E-state index in [-0.39, 0.29) is 25.5 Å². The molecule has 0 aliphatic carbocycles. The molecule has 106 valence electrons. The summed E-state index contributed by atoms with van der Waals surface area (Å²) in [6, 6.07) is 0. The fraction of sp³-hybridized carbons (Fsp3) is 0.917. The van der Waals surface area contributed by atoms with Gasteiger partial charge in [0.25, 0.3) is 6.43 Å². The van der Waals surface area contributed by atoms with Gasteiger partial charge in [-0.1, -0.05) is 0 Å². The molecule has 1 rings (SSSR count). The average molecular weight is 265 g/mol. The molecule has 0 bridgehead atoms. The number of likely N-dealkylation sites (tertiary alicyclic amines) is 1. The van der Waals surface area contributed by atoms with Crippen LogP contribution in [0.15, 0.2) is 0 Å². The summed E-state index contributed by atoms with van der Waals surface area (Å²) >= 11 is 0. The topological polar surface area (TPSA) is 49.8 Å². The molecule has 1 atom stereocenters. The highest BCUT2D eigenvalue weighted by molar-refractivity contribution is 5.76. The number of carbonyl (C=O) groups excluding carboxylic acids is 1. The normalized spacial score (nSPS) is 20.4. The molecule has 0 saturated carbocycles. The summed E-state index contributed by atoms with van der Waals surface area (Å²) in [7, 11) is 0. The number of rotatable bonds is 7. The summed E-state index contributed by atoms with van der Waals surface area (Å²) in [5.74, 6) is 0.307. The van der Waals surface area contributed by atoms with Gasteiger partial charge in [-0.05, 0) is 25.2 Å². The molecule has 1 fully saturated rings. The Labute approximate surface area is 106 Å². The quantitative estimate of drug-likeness (QED) is 0.705. The molecule has 18 heavy (non-hydrogen) atoms. The van der Waals surface area contributed by atoms with E-state index in [4.69, 9.17) is 9.84 Å². The van der Waals surface area contributed by atoms with E-state index in [1.807, 2.05) is 0 Å². The van der Waals surface area contributed by atoms with E-state index in [1.54, 1.807) is 4.90 Å². The fourth-order valence-electron chi connectivity index (χ4n) is 2.20. The number of amides is 1. The summed E-state index contributed by atoms with van der Waals surface area (Å²) in [6.45, 7) is 0.957. The van der Waals surface area contributed by atoms with Crippen molar-refractivity contribution in [3.63, 3.8) is 0 Å². The highest BCUT2D eigenvalue weighted by Gasteiger charge is 2.22. The Morgan fingerprint density at radius 2 is 2.28 bits per heavy atom. The Morgan fingerprint density at radius 1 is 1.50 bits per heavy atom. The second kappa shape index (κ2) is 8.37. The van der Waals surface area contributed by atoms with Crippen LogP contribution in [-0.4, -0.2) is 55.2 Å². The Morgan fingerprint density at radius 3 is 2.94 bits per heavy atom. The number of hydrogen-bond acceptors (Lipinski definition) is 3. The van der Waals surface area contributed by atoms with Crippen LogP contribution in [0.25, 0.3) is 0 Å². The number of nitrogens with zero attached hydrogens (tertiary/aromatic N) is 1. The van der Waals surface area contributed by atoms with Crippen LogP contribution in [0.3, 0.4) is 0 Å². The maximum absolute atomic E-state index is 11.8. The fourth-order valence-corrected chi connectivity index (χ4v) is 2.20. The minimum atomic E-state index is -2.48. The number of aliphatic hydroxyl groups excluding tert-OH is 1. The first-order valence-corrected chi connectivity index (χ1v) is 6.38. The Balaban J connectivity index is 2.20. The smallest absolute Gasteiger partial charge is 0.261 e. The van der Waals surface area contributed by atoms with Crippen molar-refractivity contribution in [3.05, 3.63) is 0 Å². The molecule has 0 radical (unpaired) electrons. The van der Waals surface area contributed by atoms with Gasteiger partial charge in [-0.2, -0.15) is 0 Å². The van der Waals surface area contributed by atoms with Gasteiger partial charge in [-0.3, -0.25) is 4.79 Å². The van der Waals surface area contributed by atoms with E-state index in [0.29, 0.717) is 18.9 Å². The van der Waals surface area contributed by atoms with Gasteiger partial charge in [-0.25, -0.2) is 8.78 Å². The lowest BCUT2D eigenvalue weighted by molar-refractivity contribution is -0.134. The van der Waals surface area contributed by atoms with Crippen LogP contribution in [0.2, 0.25) is 0 Å². The number of aliphatic hydroxyl groups is 1. The molecule has 0 aromatic carbocycles. The van der Waals surface area contributed by atoms with E-state index >= 15 is 0 Å². The summed E-state index contributed by atoms with van der Waals surface area (Å²) < 4.78 is 28.3. The van der Waals surface area contributed by atoms with Crippen molar-refractivity contribution in [2.24, 2.45) is 5.92 Å². The maximum atomic E-state index is 11.8. The lowest BCUT2D eigenvalue weighted by Gasteiger charge is -2.32. The zero-order valence-electron chi connectivity index (χ0n) is 10.5. The minimum Gasteiger partial charge on any atom is -0.396 e. The number of piperidine rings is 1. The van der Waals surface area contributed by atoms with Crippen molar-refractivity contribution < 1.29 is 23.4 Å². The van der Waals surface area contributed by atoms with E-state index in [1.165, 1.54) is 0 Å². The Hall–Kier alpha value is -0.750. The largest absolute Gasteiger partial charge is 0.396 e. The third-order valence-corrected chi connectivity index (χ3v) is 3.11. The van der Waals surface area contributed by atoms with Gasteiger partial charge in [0.1, 0.15) is 6.61 Å². The molecular formula is C12H21F2NO3. The first-order valence-electron chi connectivity index (χ1n) is 6.38. The summed E-state index contributed by atoms with van der Waals surface area (Å²) in [4.78, 5) is 13.5. The van der Waals surface area contributed by atoms with Gasteiger partial charge in [0.15, 0.2) is 0 Å². The lowest BCUT2D eigenvalue weighted by Crippen LogP contribution is -2.40. The van der Waals surface area contributed by atoms with Gasteiger partial charge in [0.2, 0.25) is 5.91 Å². The van der Waals surface area contributed by atoms with Crippen LogP contribution >= 0.6 is 0 Å². The predicted octanol–water partition coefficient (Wildman–Crippen LogP) is 1.28. The van der Waals surface area contributed by atoms with Gasteiger partial charge in [-0.15, -0.1) is 0 Å². The molecule has 1 aliphatic rings. The molecule has 1 amide bonds. The van der Waals surface area contributed by atoms with Crippen LogP contribution in [-0.2, 0) is 9.53 Å². The molecule has 4 nitrogen and oxygen atoms in total. The summed E-state index contributed by atoms with van der Waals surface area (Å²) in [5, 5.41) is 8.87.